The molecule has 9 heteroatoms. The maximum Gasteiger partial charge on any atom is 0.310 e. The first-order valence-corrected chi connectivity index (χ1v) is 16.2. The summed E-state index contributed by atoms with van der Waals surface area (Å²) in [7, 11) is 0. The Balaban J connectivity index is 1.28. The highest BCUT2D eigenvalue weighted by Crippen LogP contribution is 2.34. The molecule has 1 aliphatic heterocycles. The Labute approximate surface area is 263 Å². The number of aromatic nitrogens is 2. The predicted octanol–water partition coefficient (Wildman–Crippen LogP) is 6.23. The van der Waals surface area contributed by atoms with E-state index in [0.29, 0.717) is 16.6 Å². The van der Waals surface area contributed by atoms with Crippen molar-refractivity contribution >= 4 is 34.7 Å². The van der Waals surface area contributed by atoms with Gasteiger partial charge in [0.2, 0.25) is 5.91 Å². The van der Waals surface area contributed by atoms with E-state index in [1.54, 1.807) is 6.07 Å². The van der Waals surface area contributed by atoms with Gasteiger partial charge >= 0.3 is 5.97 Å². The molecule has 2 aliphatic rings. The van der Waals surface area contributed by atoms with Crippen LogP contribution in [0.4, 0.5) is 0 Å². The Morgan fingerprint density at radius 2 is 1.70 bits per heavy atom. The number of carboxylic acid groups (broad SMARTS) is 1. The van der Waals surface area contributed by atoms with Crippen LogP contribution in [0.5, 0.6) is 0 Å². The molecule has 1 saturated heterocycles. The van der Waals surface area contributed by atoms with Crippen molar-refractivity contribution < 1.29 is 19.5 Å². The molecule has 2 aromatic heterocycles. The molecule has 44 heavy (non-hydrogen) atoms. The van der Waals surface area contributed by atoms with Gasteiger partial charge in [0, 0.05) is 47.9 Å². The lowest BCUT2D eigenvalue weighted by Crippen LogP contribution is -2.59. The van der Waals surface area contributed by atoms with Crippen molar-refractivity contribution in [3.05, 3.63) is 75.7 Å². The standard InChI is InChI=1S/C35H42N4O4S/c1-21(2)23-10-12-24(13-11-23)26-17-36-31(37-18-26)25-8-6-22(7-9-25)16-28(33(41)39-19-27(20-39)34(42)43)38-32(40)29-14-15-30(44-29)35(3,4)5/h6-9,12,14-15,17-18,21,23,27-28H,10-11,13,16,19-20H2,1-5H3,(H,38,40)(H,42,43)/t23?,28-/m0/s1. The molecule has 232 valence electrons. The zero-order chi connectivity index (χ0) is 31.6. The molecule has 2 atom stereocenters. The van der Waals surface area contributed by atoms with Crippen LogP contribution >= 0.6 is 11.3 Å². The molecule has 0 saturated carbocycles. The fourth-order valence-corrected chi connectivity index (χ4v) is 6.69. The highest BCUT2D eigenvalue weighted by molar-refractivity contribution is 7.14. The number of carbonyl (C=O) groups is 3. The summed E-state index contributed by atoms with van der Waals surface area (Å²) >= 11 is 1.42. The SMILES string of the molecule is CC(C)C1CC=C(c2cnc(-c3ccc(C[C@H](NC(=O)c4ccc(C(C)(C)C)s4)C(=O)N4CC(C(=O)O)C4)cc3)nc2)CC1. The van der Waals surface area contributed by atoms with E-state index in [1.807, 2.05) is 42.7 Å². The summed E-state index contributed by atoms with van der Waals surface area (Å²) in [5.74, 6) is 0.000491. The van der Waals surface area contributed by atoms with Gasteiger partial charge in [-0.15, -0.1) is 11.3 Å². The van der Waals surface area contributed by atoms with E-state index in [4.69, 9.17) is 0 Å². The van der Waals surface area contributed by atoms with Crippen LogP contribution in [-0.2, 0) is 21.4 Å². The molecule has 1 aliphatic carbocycles. The third kappa shape index (κ3) is 7.26. The molecule has 2 N–H and O–H groups in total. The van der Waals surface area contributed by atoms with Gasteiger partial charge in [-0.05, 0) is 59.8 Å². The number of hydrogen-bond donors (Lipinski definition) is 2. The van der Waals surface area contributed by atoms with Crippen molar-refractivity contribution in [2.45, 2.75) is 71.8 Å². The fraction of sp³-hybridized carbons (Fsp3) is 0.457. The van der Waals surface area contributed by atoms with E-state index in [9.17, 15) is 19.5 Å². The zero-order valence-electron chi connectivity index (χ0n) is 26.2. The van der Waals surface area contributed by atoms with Gasteiger partial charge < -0.3 is 15.3 Å². The van der Waals surface area contributed by atoms with Crippen molar-refractivity contribution in [3.8, 4) is 11.4 Å². The topological polar surface area (TPSA) is 112 Å². The van der Waals surface area contributed by atoms with Crippen LogP contribution < -0.4 is 5.32 Å². The number of nitrogens with zero attached hydrogens (tertiary/aromatic N) is 3. The van der Waals surface area contributed by atoms with Gasteiger partial charge in [-0.25, -0.2) is 9.97 Å². The molecule has 0 bridgehead atoms. The molecule has 3 aromatic rings. The first-order chi connectivity index (χ1) is 20.9. The molecule has 2 amide bonds. The third-order valence-corrected chi connectivity index (χ3v) is 10.3. The Morgan fingerprint density at radius 3 is 2.25 bits per heavy atom. The minimum atomic E-state index is -0.913. The number of likely N-dealkylation sites (tertiary alicyclic amines) is 1. The lowest BCUT2D eigenvalue weighted by molar-refractivity contribution is -0.153. The number of carboxylic acids is 1. The number of amides is 2. The molecule has 3 heterocycles. The molecule has 0 spiro atoms. The normalized spacial score (nSPS) is 18.0. The minimum Gasteiger partial charge on any atom is -0.481 e. The van der Waals surface area contributed by atoms with Gasteiger partial charge in [-0.3, -0.25) is 14.4 Å². The van der Waals surface area contributed by atoms with Crippen molar-refractivity contribution in [2.75, 3.05) is 13.1 Å². The average Bonchev–Trinajstić information content (AvgIpc) is 3.48. The van der Waals surface area contributed by atoms with E-state index >= 15 is 0 Å². The van der Waals surface area contributed by atoms with Gasteiger partial charge in [0.05, 0.1) is 10.8 Å². The number of rotatable bonds is 9. The molecule has 0 radical (unpaired) electrons. The number of benzene rings is 1. The molecule has 8 nitrogen and oxygen atoms in total. The third-order valence-electron chi connectivity index (χ3n) is 8.78. The van der Waals surface area contributed by atoms with Gasteiger partial charge in [0.15, 0.2) is 5.82 Å². The highest BCUT2D eigenvalue weighted by Gasteiger charge is 2.39. The van der Waals surface area contributed by atoms with Crippen LogP contribution in [0.2, 0.25) is 0 Å². The van der Waals surface area contributed by atoms with Gasteiger partial charge in [-0.1, -0.05) is 65.0 Å². The summed E-state index contributed by atoms with van der Waals surface area (Å²) < 4.78 is 0. The van der Waals surface area contributed by atoms with Gasteiger partial charge in [-0.2, -0.15) is 0 Å². The Kier molecular flexibility index (Phi) is 9.34. The van der Waals surface area contributed by atoms with Crippen LogP contribution in [-0.4, -0.2) is 56.9 Å². The number of carbonyl (C=O) groups excluding carboxylic acids is 2. The second kappa shape index (κ2) is 13.0. The van der Waals surface area contributed by atoms with Crippen LogP contribution in [0, 0.1) is 17.8 Å². The van der Waals surface area contributed by atoms with Crippen molar-refractivity contribution in [1.82, 2.24) is 20.2 Å². The van der Waals surface area contributed by atoms with E-state index in [2.05, 4.69) is 56.0 Å². The second-order valence-electron chi connectivity index (χ2n) is 13.4. The quantitative estimate of drug-likeness (QED) is 0.296. The lowest BCUT2D eigenvalue weighted by Gasteiger charge is -2.38. The summed E-state index contributed by atoms with van der Waals surface area (Å²) in [6.07, 6.45) is 9.76. The highest BCUT2D eigenvalue weighted by atomic mass is 32.1. The van der Waals surface area contributed by atoms with E-state index in [0.717, 1.165) is 40.3 Å². The monoisotopic (exact) mass is 614 g/mol. The molecule has 1 aromatic carbocycles. The Morgan fingerprint density at radius 1 is 1.02 bits per heavy atom. The summed E-state index contributed by atoms with van der Waals surface area (Å²) in [5, 5.41) is 12.2. The average molecular weight is 615 g/mol. The van der Waals surface area contributed by atoms with Crippen molar-refractivity contribution in [2.24, 2.45) is 17.8 Å². The van der Waals surface area contributed by atoms with Crippen LogP contribution in [0.15, 0.2) is 54.9 Å². The first-order valence-electron chi connectivity index (χ1n) is 15.4. The minimum absolute atomic E-state index is 0.0854. The summed E-state index contributed by atoms with van der Waals surface area (Å²) in [6.45, 7) is 11.1. The molecule has 5 rings (SSSR count). The maximum absolute atomic E-state index is 13.4. The summed E-state index contributed by atoms with van der Waals surface area (Å²) in [5.41, 5.74) is 4.03. The number of thiophene rings is 1. The number of aliphatic carboxylic acids is 1. The largest absolute Gasteiger partial charge is 0.481 e. The fourth-order valence-electron chi connectivity index (χ4n) is 5.72. The van der Waals surface area contributed by atoms with Gasteiger partial charge in [0.25, 0.3) is 5.91 Å². The van der Waals surface area contributed by atoms with Gasteiger partial charge in [0.1, 0.15) is 6.04 Å². The number of allylic oxidation sites excluding steroid dienone is 2. The van der Waals surface area contributed by atoms with E-state index < -0.39 is 17.9 Å². The molecule has 1 unspecified atom stereocenters. The Bertz CT molecular complexity index is 1530. The summed E-state index contributed by atoms with van der Waals surface area (Å²) in [4.78, 5) is 50.4. The van der Waals surface area contributed by atoms with E-state index in [1.165, 1.54) is 28.2 Å². The molecular weight excluding hydrogens is 572 g/mol. The van der Waals surface area contributed by atoms with Crippen molar-refractivity contribution in [1.29, 1.82) is 0 Å². The molecule has 1 fully saturated rings. The summed E-state index contributed by atoms with van der Waals surface area (Å²) in [6, 6.07) is 10.6. The molecular formula is C35H42N4O4S. The van der Waals surface area contributed by atoms with Crippen LogP contribution in [0.25, 0.3) is 17.0 Å². The lowest BCUT2D eigenvalue weighted by atomic mass is 9.81. The zero-order valence-corrected chi connectivity index (χ0v) is 27.0. The maximum atomic E-state index is 13.4. The second-order valence-corrected chi connectivity index (χ2v) is 14.5. The smallest absolute Gasteiger partial charge is 0.310 e. The van der Waals surface area contributed by atoms with Crippen molar-refractivity contribution in [3.63, 3.8) is 0 Å². The Hall–Kier alpha value is -3.85. The first kappa shape index (κ1) is 31.6. The predicted molar refractivity (Wildman–Crippen MR) is 173 cm³/mol. The number of hydrogen-bond acceptors (Lipinski definition) is 6. The van der Waals surface area contributed by atoms with Crippen LogP contribution in [0.3, 0.4) is 0 Å². The van der Waals surface area contributed by atoms with E-state index in [-0.39, 0.29) is 36.7 Å². The van der Waals surface area contributed by atoms with Crippen LogP contribution in [0.1, 0.15) is 79.6 Å². The number of nitrogens with one attached hydrogen (secondary N) is 1.